The summed E-state index contributed by atoms with van der Waals surface area (Å²) in [6.07, 6.45) is 7.32. The first kappa shape index (κ1) is 25.2. The topological polar surface area (TPSA) is 75.6 Å². The van der Waals surface area contributed by atoms with Gasteiger partial charge in [-0.25, -0.2) is 9.78 Å². The molecule has 0 aromatic carbocycles. The highest BCUT2D eigenvalue weighted by Crippen LogP contribution is 2.39. The molecule has 3 aliphatic heterocycles. The molecule has 0 aromatic heterocycles. The molecule has 5 nitrogen and oxygen atoms in total. The molecule has 0 saturated heterocycles. The molecule has 0 unspecified atom stereocenters. The van der Waals surface area contributed by atoms with Crippen LogP contribution < -0.4 is 0 Å². The first-order chi connectivity index (χ1) is 13.0. The van der Waals surface area contributed by atoms with Crippen LogP contribution in [-0.4, -0.2) is 27.6 Å². The normalized spacial score (nSPS) is 12.6. The molecular weight excluding hydrogens is 388 g/mol. The Morgan fingerprint density at radius 1 is 1.14 bits per heavy atom. The number of halogens is 1. The van der Waals surface area contributed by atoms with E-state index >= 15 is 0 Å². The number of nitrogens with zero attached hydrogens (tertiary/aromatic N) is 2. The van der Waals surface area contributed by atoms with Gasteiger partial charge in [-0.1, -0.05) is 32.6 Å². The quantitative estimate of drug-likeness (QED) is 0.422. The minimum Gasteiger partial charge on any atom is -0.461 e. The van der Waals surface area contributed by atoms with E-state index in [2.05, 4.69) is 36.4 Å². The molecule has 0 spiro atoms. The van der Waals surface area contributed by atoms with Crippen molar-refractivity contribution in [2.45, 2.75) is 79.7 Å². The lowest BCUT2D eigenvalue weighted by molar-refractivity contribution is 0.0519. The van der Waals surface area contributed by atoms with Crippen molar-refractivity contribution in [1.29, 1.82) is 0 Å². The molecule has 0 fully saturated rings. The first-order valence-electron chi connectivity index (χ1n) is 10.4. The van der Waals surface area contributed by atoms with Crippen molar-refractivity contribution in [3.63, 3.8) is 0 Å². The SMILES string of the molecule is CCCCCCCc1c2c(C)c(C(=O)OCC)nc-2cc2n1CC(C)=C2C.Cl.O. The number of rotatable bonds is 8. The third kappa shape index (κ3) is 4.84. The van der Waals surface area contributed by atoms with E-state index in [1.165, 1.54) is 54.6 Å². The zero-order valence-corrected chi connectivity index (χ0v) is 19.2. The van der Waals surface area contributed by atoms with Crippen LogP contribution in [0.25, 0.3) is 16.8 Å². The average Bonchev–Trinajstić information content (AvgIpc) is 3.12. The zero-order chi connectivity index (χ0) is 19.6. The summed E-state index contributed by atoms with van der Waals surface area (Å²) >= 11 is 0. The molecule has 0 atom stereocenters. The lowest BCUT2D eigenvalue weighted by atomic mass is 9.98. The summed E-state index contributed by atoms with van der Waals surface area (Å²) < 4.78 is 7.67. The van der Waals surface area contributed by atoms with Gasteiger partial charge in [0.2, 0.25) is 0 Å². The van der Waals surface area contributed by atoms with E-state index in [9.17, 15) is 4.79 Å². The molecule has 0 bridgehead atoms. The maximum absolute atomic E-state index is 12.3. The predicted molar refractivity (Wildman–Crippen MR) is 121 cm³/mol. The van der Waals surface area contributed by atoms with Crippen molar-refractivity contribution >= 4 is 23.9 Å². The van der Waals surface area contributed by atoms with Crippen LogP contribution in [0, 0.1) is 6.92 Å². The van der Waals surface area contributed by atoms with E-state index in [4.69, 9.17) is 4.74 Å². The number of aromatic nitrogens is 2. The van der Waals surface area contributed by atoms with E-state index in [0.29, 0.717) is 12.3 Å². The van der Waals surface area contributed by atoms with Crippen LogP contribution >= 0.6 is 12.4 Å². The number of unbranched alkanes of at least 4 members (excludes halogenated alkanes) is 4. The molecule has 6 heteroatoms. The van der Waals surface area contributed by atoms with E-state index in [1.54, 1.807) is 0 Å². The maximum atomic E-state index is 12.3. The summed E-state index contributed by atoms with van der Waals surface area (Å²) in [5.41, 5.74) is 8.85. The highest BCUT2D eigenvalue weighted by molar-refractivity contribution is 5.94. The fourth-order valence-electron chi connectivity index (χ4n) is 4.15. The molecule has 0 amide bonds. The largest absolute Gasteiger partial charge is 0.461 e. The summed E-state index contributed by atoms with van der Waals surface area (Å²) in [5, 5.41) is 0. The van der Waals surface area contributed by atoms with Gasteiger partial charge in [-0.3, -0.25) is 0 Å². The number of hydrogen-bond acceptors (Lipinski definition) is 3. The summed E-state index contributed by atoms with van der Waals surface area (Å²) in [6.45, 7) is 11.8. The van der Waals surface area contributed by atoms with Crippen LogP contribution in [0.1, 0.15) is 87.2 Å². The van der Waals surface area contributed by atoms with Crippen molar-refractivity contribution in [3.8, 4) is 11.3 Å². The molecule has 162 valence electrons. The van der Waals surface area contributed by atoms with E-state index in [1.807, 2.05) is 13.8 Å². The van der Waals surface area contributed by atoms with Crippen LogP contribution in [0.3, 0.4) is 0 Å². The van der Waals surface area contributed by atoms with Crippen LogP contribution in [0.4, 0.5) is 0 Å². The lowest BCUT2D eigenvalue weighted by Crippen LogP contribution is -2.10. The molecule has 0 aliphatic carbocycles. The molecule has 29 heavy (non-hydrogen) atoms. The Balaban J connectivity index is 0.00000210. The zero-order valence-electron chi connectivity index (χ0n) is 18.4. The summed E-state index contributed by atoms with van der Waals surface area (Å²) in [5.74, 6) is -0.311. The maximum Gasteiger partial charge on any atom is 0.357 e. The van der Waals surface area contributed by atoms with Crippen LogP contribution in [0.5, 0.6) is 0 Å². The lowest BCUT2D eigenvalue weighted by Gasteiger charge is -2.19. The molecule has 0 aromatic rings. The minimum absolute atomic E-state index is 0. The number of carbonyl (C=O) groups excluding carboxylic acids is 1. The number of esters is 1. The Morgan fingerprint density at radius 2 is 1.83 bits per heavy atom. The smallest absolute Gasteiger partial charge is 0.357 e. The van der Waals surface area contributed by atoms with E-state index in [0.717, 1.165) is 29.8 Å². The van der Waals surface area contributed by atoms with Gasteiger partial charge >= 0.3 is 5.97 Å². The Morgan fingerprint density at radius 3 is 2.48 bits per heavy atom. The summed E-state index contributed by atoms with van der Waals surface area (Å²) in [6, 6.07) is 2.15. The highest BCUT2D eigenvalue weighted by Gasteiger charge is 2.28. The summed E-state index contributed by atoms with van der Waals surface area (Å²) in [7, 11) is 0. The van der Waals surface area contributed by atoms with Gasteiger partial charge < -0.3 is 14.8 Å². The monoisotopic (exact) mass is 422 g/mol. The fourth-order valence-corrected chi connectivity index (χ4v) is 4.15. The molecule has 3 aliphatic rings. The van der Waals surface area contributed by atoms with Crippen LogP contribution in [0.2, 0.25) is 0 Å². The fraction of sp³-hybridized carbons (Fsp3) is 0.565. The number of allylic oxidation sites excluding steroid dienone is 2. The second kappa shape index (κ2) is 10.8. The second-order valence-corrected chi connectivity index (χ2v) is 7.70. The number of carbonyl (C=O) groups is 1. The number of ether oxygens (including phenoxy) is 1. The second-order valence-electron chi connectivity index (χ2n) is 7.70. The Kier molecular flexibility index (Phi) is 9.37. The van der Waals surface area contributed by atoms with Crippen molar-refractivity contribution in [2.75, 3.05) is 6.61 Å². The van der Waals surface area contributed by atoms with Gasteiger partial charge in [0.1, 0.15) is 0 Å². The van der Waals surface area contributed by atoms with E-state index < -0.39 is 0 Å². The highest BCUT2D eigenvalue weighted by atomic mass is 35.5. The standard InChI is InChI=1S/C23H32N2O2.ClH.H2O/c1-6-8-9-10-11-12-19-21-17(5)22(23(26)27-7-2)24-18(21)13-20-16(4)15(3)14-25(19)20;;/h13H,6-12,14H2,1-5H3;1H;1H2. The van der Waals surface area contributed by atoms with Gasteiger partial charge in [0.15, 0.2) is 5.69 Å². The Hall–Kier alpha value is -1.85. The van der Waals surface area contributed by atoms with E-state index in [-0.39, 0.29) is 23.9 Å². The molecule has 2 N–H and O–H groups in total. The molecule has 3 rings (SSSR count). The minimum atomic E-state index is -0.311. The Labute approximate surface area is 180 Å². The number of pyridine rings is 1. The van der Waals surface area contributed by atoms with Gasteiger partial charge in [0.25, 0.3) is 0 Å². The number of fused-ring (bicyclic) bond motifs is 2. The first-order valence-corrected chi connectivity index (χ1v) is 10.4. The molecule has 0 saturated carbocycles. The predicted octanol–water partition coefficient (Wildman–Crippen LogP) is 5.39. The van der Waals surface area contributed by atoms with Gasteiger partial charge in [-0.15, -0.1) is 12.4 Å². The van der Waals surface area contributed by atoms with Gasteiger partial charge in [0, 0.05) is 23.5 Å². The van der Waals surface area contributed by atoms with Gasteiger partial charge in [-0.05, 0) is 63.3 Å². The van der Waals surface area contributed by atoms with Crippen molar-refractivity contribution in [1.82, 2.24) is 9.55 Å². The average molecular weight is 423 g/mol. The Bertz CT molecular complexity index is 854. The van der Waals surface area contributed by atoms with Crippen LogP contribution in [0.15, 0.2) is 11.6 Å². The molecule has 0 radical (unpaired) electrons. The van der Waals surface area contributed by atoms with Crippen LogP contribution in [-0.2, 0) is 17.7 Å². The third-order valence-corrected chi connectivity index (χ3v) is 5.80. The number of hydrogen-bond donors (Lipinski definition) is 0. The molecule has 3 heterocycles. The van der Waals surface area contributed by atoms with Gasteiger partial charge in [-0.2, -0.15) is 0 Å². The van der Waals surface area contributed by atoms with Crippen molar-refractivity contribution in [2.24, 2.45) is 0 Å². The van der Waals surface area contributed by atoms with Crippen molar-refractivity contribution in [3.05, 3.63) is 34.3 Å². The van der Waals surface area contributed by atoms with Crippen molar-refractivity contribution < 1.29 is 15.0 Å². The molecular formula is C23H35ClN2O3. The van der Waals surface area contributed by atoms with Gasteiger partial charge in [0.05, 0.1) is 12.3 Å². The summed E-state index contributed by atoms with van der Waals surface area (Å²) in [4.78, 5) is 17.0. The third-order valence-electron chi connectivity index (χ3n) is 5.80.